The predicted molar refractivity (Wildman–Crippen MR) is 66.6 cm³/mol. The van der Waals surface area contributed by atoms with Crippen LogP contribution >= 0.6 is 0 Å². The molecule has 7 heteroatoms. The zero-order valence-electron chi connectivity index (χ0n) is 10.9. The number of hydrogen-bond donors (Lipinski definition) is 1. The van der Waals surface area contributed by atoms with Gasteiger partial charge in [0.2, 0.25) is 0 Å². The maximum absolute atomic E-state index is 5.70. The van der Waals surface area contributed by atoms with Gasteiger partial charge >= 0.3 is 0 Å². The molecule has 2 aromatic rings. The number of fused-ring (bicyclic) bond motifs is 1. The lowest BCUT2D eigenvalue weighted by molar-refractivity contribution is 0.239. The Kier molecular flexibility index (Phi) is 3.45. The second-order valence-corrected chi connectivity index (χ2v) is 4.50. The number of nitrogens with one attached hydrogen (secondary N) is 1. The summed E-state index contributed by atoms with van der Waals surface area (Å²) in [6.45, 7) is 4.96. The fourth-order valence-electron chi connectivity index (χ4n) is 2.09. The van der Waals surface area contributed by atoms with Gasteiger partial charge in [0.1, 0.15) is 0 Å². The van der Waals surface area contributed by atoms with Crippen molar-refractivity contribution in [3.05, 3.63) is 23.6 Å². The van der Waals surface area contributed by atoms with Crippen LogP contribution in [0.1, 0.15) is 30.8 Å². The number of ether oxygens (including phenoxy) is 1. The molecule has 0 aliphatic carbocycles. The molecule has 0 fully saturated rings. The number of hydrogen-bond acceptors (Lipinski definition) is 6. The van der Waals surface area contributed by atoms with Gasteiger partial charge in [0.15, 0.2) is 18.2 Å². The Hall–Kier alpha value is -1.89. The van der Waals surface area contributed by atoms with Crippen molar-refractivity contribution in [2.45, 2.75) is 39.5 Å². The smallest absolute Gasteiger partial charge is 0.264 e. The fourth-order valence-corrected chi connectivity index (χ4v) is 2.09. The highest BCUT2D eigenvalue weighted by molar-refractivity contribution is 5.26. The number of aryl methyl sites for hydroxylation is 1. The van der Waals surface area contributed by atoms with Crippen molar-refractivity contribution in [3.8, 4) is 5.75 Å². The molecule has 1 aliphatic rings. The average Bonchev–Trinajstić information content (AvgIpc) is 3.04. The minimum atomic E-state index is 0.287. The van der Waals surface area contributed by atoms with E-state index in [1.165, 1.54) is 0 Å². The van der Waals surface area contributed by atoms with E-state index in [1.807, 2.05) is 4.68 Å². The van der Waals surface area contributed by atoms with Crippen molar-refractivity contribution < 1.29 is 9.26 Å². The Bertz CT molecular complexity index is 548. The molecule has 19 heavy (non-hydrogen) atoms. The van der Waals surface area contributed by atoms with Crippen molar-refractivity contribution >= 4 is 0 Å². The molecule has 0 aromatic carbocycles. The van der Waals surface area contributed by atoms with E-state index in [2.05, 4.69) is 27.5 Å². The van der Waals surface area contributed by atoms with Gasteiger partial charge in [-0.25, -0.2) is 0 Å². The molecular weight excluding hydrogens is 246 g/mol. The maximum atomic E-state index is 5.70. The van der Waals surface area contributed by atoms with Crippen molar-refractivity contribution in [1.29, 1.82) is 0 Å². The van der Waals surface area contributed by atoms with Crippen molar-refractivity contribution in [3.63, 3.8) is 0 Å². The topological polar surface area (TPSA) is 78.0 Å². The Morgan fingerprint density at radius 1 is 1.53 bits per heavy atom. The summed E-state index contributed by atoms with van der Waals surface area (Å²) in [6, 6.07) is 0. The quantitative estimate of drug-likeness (QED) is 0.863. The summed E-state index contributed by atoms with van der Waals surface area (Å²) in [5.41, 5.74) is 1.07. The van der Waals surface area contributed by atoms with E-state index in [0.29, 0.717) is 5.89 Å². The number of aromatic nitrogens is 4. The third kappa shape index (κ3) is 2.60. The van der Waals surface area contributed by atoms with Gasteiger partial charge < -0.3 is 14.6 Å². The highest BCUT2D eigenvalue weighted by atomic mass is 16.5. The Labute approximate surface area is 110 Å². The molecule has 0 saturated heterocycles. The molecule has 0 bridgehead atoms. The van der Waals surface area contributed by atoms with Crippen LogP contribution in [-0.2, 0) is 26.1 Å². The summed E-state index contributed by atoms with van der Waals surface area (Å²) in [7, 11) is 0. The van der Waals surface area contributed by atoms with Crippen molar-refractivity contribution in [2.75, 3.05) is 6.54 Å². The summed E-state index contributed by atoms with van der Waals surface area (Å²) < 4.78 is 12.8. The van der Waals surface area contributed by atoms with Crippen LogP contribution in [0.2, 0.25) is 0 Å². The molecule has 3 rings (SSSR count). The third-order valence-electron chi connectivity index (χ3n) is 3.04. The lowest BCUT2D eigenvalue weighted by atomic mass is 10.3. The lowest BCUT2D eigenvalue weighted by Crippen LogP contribution is -2.28. The predicted octanol–water partition coefficient (Wildman–Crippen LogP) is 0.901. The monoisotopic (exact) mass is 263 g/mol. The Morgan fingerprint density at radius 2 is 2.47 bits per heavy atom. The molecule has 3 heterocycles. The molecule has 0 amide bonds. The summed E-state index contributed by atoms with van der Waals surface area (Å²) in [5.74, 6) is 2.02. The van der Waals surface area contributed by atoms with Crippen LogP contribution in [0.15, 0.2) is 10.7 Å². The number of nitrogens with zero attached hydrogens (tertiary/aromatic N) is 4. The lowest BCUT2D eigenvalue weighted by Gasteiger charge is -2.15. The van der Waals surface area contributed by atoms with Crippen LogP contribution in [0, 0.1) is 0 Å². The minimum absolute atomic E-state index is 0.287. The van der Waals surface area contributed by atoms with Crippen molar-refractivity contribution in [2.24, 2.45) is 0 Å². The van der Waals surface area contributed by atoms with Gasteiger partial charge in [0.05, 0.1) is 18.4 Å². The average molecular weight is 263 g/mol. The first-order valence-corrected chi connectivity index (χ1v) is 6.56. The standard InChI is InChI=1S/C12H17N5O2/c1-2-3-11-15-12(19-16-11)8-18-10-7-14-17-5-4-13-6-9(10)17/h7,13H,2-6,8H2,1H3. The fraction of sp³-hybridized carbons (Fsp3) is 0.583. The molecule has 0 unspecified atom stereocenters. The summed E-state index contributed by atoms with van der Waals surface area (Å²) in [5, 5.41) is 11.5. The first-order valence-electron chi connectivity index (χ1n) is 6.56. The number of rotatable bonds is 5. The van der Waals surface area contributed by atoms with Crippen LogP contribution in [-0.4, -0.2) is 26.5 Å². The van der Waals surface area contributed by atoms with Gasteiger partial charge in [-0.1, -0.05) is 12.1 Å². The van der Waals surface area contributed by atoms with E-state index in [4.69, 9.17) is 9.26 Å². The molecule has 102 valence electrons. The first kappa shape index (κ1) is 12.2. The Balaban J connectivity index is 1.63. The maximum Gasteiger partial charge on any atom is 0.264 e. The van der Waals surface area contributed by atoms with E-state index in [9.17, 15) is 0 Å². The summed E-state index contributed by atoms with van der Waals surface area (Å²) in [4.78, 5) is 4.27. The summed E-state index contributed by atoms with van der Waals surface area (Å²) >= 11 is 0. The van der Waals surface area contributed by atoms with Gasteiger partial charge in [-0.15, -0.1) is 0 Å². The van der Waals surface area contributed by atoms with Crippen LogP contribution in [0.5, 0.6) is 5.75 Å². The van der Waals surface area contributed by atoms with E-state index in [-0.39, 0.29) is 6.61 Å². The highest BCUT2D eigenvalue weighted by Gasteiger charge is 2.16. The molecule has 0 spiro atoms. The van der Waals surface area contributed by atoms with Gasteiger partial charge in [-0.3, -0.25) is 4.68 Å². The van der Waals surface area contributed by atoms with Crippen molar-refractivity contribution in [1.82, 2.24) is 25.2 Å². The van der Waals surface area contributed by atoms with Crippen LogP contribution in [0.4, 0.5) is 0 Å². The van der Waals surface area contributed by atoms with E-state index < -0.39 is 0 Å². The largest absolute Gasteiger partial charge is 0.480 e. The first-order chi connectivity index (χ1) is 9.36. The second kappa shape index (κ2) is 5.40. The van der Waals surface area contributed by atoms with E-state index >= 15 is 0 Å². The van der Waals surface area contributed by atoms with Gasteiger partial charge in [-0.05, 0) is 6.42 Å². The molecule has 1 N–H and O–H groups in total. The van der Waals surface area contributed by atoms with Crippen LogP contribution < -0.4 is 10.1 Å². The summed E-state index contributed by atoms with van der Waals surface area (Å²) in [6.07, 6.45) is 3.57. The molecule has 0 atom stereocenters. The zero-order valence-corrected chi connectivity index (χ0v) is 10.9. The second-order valence-electron chi connectivity index (χ2n) is 4.50. The van der Waals surface area contributed by atoms with E-state index in [0.717, 1.165) is 49.7 Å². The van der Waals surface area contributed by atoms with Gasteiger partial charge in [0.25, 0.3) is 5.89 Å². The van der Waals surface area contributed by atoms with E-state index in [1.54, 1.807) is 6.20 Å². The van der Waals surface area contributed by atoms with Crippen LogP contribution in [0.25, 0.3) is 0 Å². The molecule has 2 aromatic heterocycles. The Morgan fingerprint density at radius 3 is 3.37 bits per heavy atom. The zero-order chi connectivity index (χ0) is 13.1. The third-order valence-corrected chi connectivity index (χ3v) is 3.04. The molecule has 7 nitrogen and oxygen atoms in total. The normalized spacial score (nSPS) is 14.4. The highest BCUT2D eigenvalue weighted by Crippen LogP contribution is 2.20. The SMILES string of the molecule is CCCc1noc(COc2cnn3c2CNCC3)n1. The molecule has 0 saturated carbocycles. The van der Waals surface area contributed by atoms with Gasteiger partial charge in [0, 0.05) is 19.5 Å². The molecular formula is C12H17N5O2. The molecule has 1 aliphatic heterocycles. The molecule has 0 radical (unpaired) electrons. The van der Waals surface area contributed by atoms with Crippen LogP contribution in [0.3, 0.4) is 0 Å². The van der Waals surface area contributed by atoms with Gasteiger partial charge in [-0.2, -0.15) is 10.1 Å². The minimum Gasteiger partial charge on any atom is -0.480 e.